The molecule has 4 rings (SSSR count). The number of hydrogen-bond acceptors (Lipinski definition) is 5. The van der Waals surface area contributed by atoms with Crippen molar-refractivity contribution >= 4 is 40.9 Å². The molecule has 2 aliphatic heterocycles. The van der Waals surface area contributed by atoms with E-state index in [0.29, 0.717) is 23.6 Å². The molecule has 0 aromatic heterocycles. The van der Waals surface area contributed by atoms with E-state index in [-0.39, 0.29) is 11.1 Å². The number of hydrogen-bond donors (Lipinski definition) is 1. The van der Waals surface area contributed by atoms with Gasteiger partial charge in [0.15, 0.2) is 0 Å². The van der Waals surface area contributed by atoms with Gasteiger partial charge in [-0.3, -0.25) is 14.9 Å². The van der Waals surface area contributed by atoms with Crippen molar-refractivity contribution in [3.63, 3.8) is 0 Å². The average Bonchev–Trinajstić information content (AvgIpc) is 2.75. The molecule has 1 N–H and O–H groups in total. The predicted octanol–water partition coefficient (Wildman–Crippen LogP) is 4.38. The number of fused-ring (bicyclic) bond motifs is 1. The van der Waals surface area contributed by atoms with E-state index in [1.165, 1.54) is 6.08 Å². The minimum absolute atomic E-state index is 0.109. The van der Waals surface area contributed by atoms with Crippen molar-refractivity contribution in [3.05, 3.63) is 65.2 Å². The zero-order valence-electron chi connectivity index (χ0n) is 19.4. The summed E-state index contributed by atoms with van der Waals surface area (Å²) < 4.78 is 5.48. The first-order valence-electron chi connectivity index (χ1n) is 10.8. The fourth-order valence-electron chi connectivity index (χ4n) is 4.20. The Hall–Kier alpha value is -3.87. The van der Waals surface area contributed by atoms with E-state index in [1.54, 1.807) is 24.3 Å². The highest BCUT2D eigenvalue weighted by Gasteiger charge is 2.37. The van der Waals surface area contributed by atoms with Crippen LogP contribution in [0.5, 0.6) is 5.75 Å². The molecule has 0 saturated carbocycles. The number of barbiturate groups is 1. The third-order valence-electron chi connectivity index (χ3n) is 6.04. The van der Waals surface area contributed by atoms with E-state index in [2.05, 4.69) is 37.1 Å². The number of nitrogens with zero attached hydrogens (tertiary/aromatic N) is 2. The van der Waals surface area contributed by atoms with Gasteiger partial charge in [0.1, 0.15) is 11.3 Å². The highest BCUT2D eigenvalue weighted by molar-refractivity contribution is 6.39. The number of imide groups is 2. The number of carbonyl (C=O) groups is 3. The van der Waals surface area contributed by atoms with E-state index in [4.69, 9.17) is 4.74 Å². The third kappa shape index (κ3) is 4.02. The summed E-state index contributed by atoms with van der Waals surface area (Å²) >= 11 is 0. The lowest BCUT2D eigenvalue weighted by Gasteiger charge is -2.40. The quantitative estimate of drug-likeness (QED) is 0.558. The van der Waals surface area contributed by atoms with Gasteiger partial charge in [-0.25, -0.2) is 9.69 Å². The van der Waals surface area contributed by atoms with Gasteiger partial charge >= 0.3 is 6.03 Å². The van der Waals surface area contributed by atoms with Gasteiger partial charge in [0.05, 0.1) is 17.8 Å². The molecule has 0 aliphatic carbocycles. The highest BCUT2D eigenvalue weighted by atomic mass is 16.5. The predicted molar refractivity (Wildman–Crippen MR) is 129 cm³/mol. The summed E-state index contributed by atoms with van der Waals surface area (Å²) in [6.07, 6.45) is 3.72. The Morgan fingerprint density at radius 2 is 1.85 bits per heavy atom. The van der Waals surface area contributed by atoms with E-state index in [1.807, 2.05) is 32.2 Å². The number of carbonyl (C=O) groups excluding carboxylic acids is 3. The normalized spacial score (nSPS) is 18.8. The van der Waals surface area contributed by atoms with Crippen LogP contribution in [-0.2, 0) is 9.59 Å². The Morgan fingerprint density at radius 3 is 2.58 bits per heavy atom. The lowest BCUT2D eigenvalue weighted by molar-refractivity contribution is -0.122. The van der Waals surface area contributed by atoms with Crippen LogP contribution >= 0.6 is 0 Å². The second-order valence-corrected chi connectivity index (χ2v) is 8.70. The van der Waals surface area contributed by atoms with Crippen molar-refractivity contribution in [2.24, 2.45) is 0 Å². The van der Waals surface area contributed by atoms with Gasteiger partial charge in [-0.15, -0.1) is 0 Å². The number of anilines is 2. The molecule has 7 heteroatoms. The summed E-state index contributed by atoms with van der Waals surface area (Å²) in [5, 5.41) is 2.27. The van der Waals surface area contributed by atoms with Crippen LogP contribution in [-0.4, -0.2) is 37.0 Å². The monoisotopic (exact) mass is 445 g/mol. The Balaban J connectivity index is 1.72. The number of benzene rings is 2. The first kappa shape index (κ1) is 22.3. The molecule has 170 valence electrons. The van der Waals surface area contributed by atoms with E-state index >= 15 is 0 Å². The average molecular weight is 446 g/mol. The lowest BCUT2D eigenvalue weighted by Crippen LogP contribution is -2.54. The van der Waals surface area contributed by atoms with E-state index < -0.39 is 17.8 Å². The largest absolute Gasteiger partial charge is 0.494 e. The second-order valence-electron chi connectivity index (χ2n) is 8.70. The van der Waals surface area contributed by atoms with Gasteiger partial charge < -0.3 is 9.64 Å². The zero-order valence-corrected chi connectivity index (χ0v) is 19.4. The molecule has 0 spiro atoms. The molecule has 0 radical (unpaired) electrons. The standard InChI is InChI=1S/C26H27N3O4/c1-6-33-19-9-7-8-18(14-19)29-24(31)21(23(30)27-25(29)32)13-17-10-11-22-20(12-17)16(2)15-26(3,4)28(22)5/h7-15H,6H2,1-5H3,(H,27,30,32)/b21-13+. The van der Waals surface area contributed by atoms with Gasteiger partial charge in [-0.2, -0.15) is 0 Å². The first-order chi connectivity index (χ1) is 15.6. The summed E-state index contributed by atoms with van der Waals surface area (Å²) in [6, 6.07) is 11.7. The Kier molecular flexibility index (Phi) is 5.57. The number of nitrogens with one attached hydrogen (secondary N) is 1. The van der Waals surface area contributed by atoms with Crippen LogP contribution in [0, 0.1) is 0 Å². The highest BCUT2D eigenvalue weighted by Crippen LogP contribution is 2.38. The summed E-state index contributed by atoms with van der Waals surface area (Å²) in [5.74, 6) is -0.867. The van der Waals surface area contributed by atoms with Crippen LogP contribution in [0.1, 0.15) is 38.8 Å². The van der Waals surface area contributed by atoms with Gasteiger partial charge in [0.2, 0.25) is 0 Å². The van der Waals surface area contributed by atoms with Crippen LogP contribution in [0.15, 0.2) is 54.1 Å². The topological polar surface area (TPSA) is 79.0 Å². The van der Waals surface area contributed by atoms with Gasteiger partial charge in [-0.05, 0) is 69.2 Å². The summed E-state index contributed by atoms with van der Waals surface area (Å²) in [4.78, 5) is 41.4. The summed E-state index contributed by atoms with van der Waals surface area (Å²) in [5.41, 5.74) is 4.03. The van der Waals surface area contributed by atoms with Crippen LogP contribution in [0.3, 0.4) is 0 Å². The summed E-state index contributed by atoms with van der Waals surface area (Å²) in [6.45, 7) is 8.64. The lowest BCUT2D eigenvalue weighted by atomic mass is 9.88. The Labute approximate surface area is 193 Å². The molecule has 2 aliphatic rings. The van der Waals surface area contributed by atoms with Crippen molar-refractivity contribution < 1.29 is 19.1 Å². The minimum Gasteiger partial charge on any atom is -0.494 e. The smallest absolute Gasteiger partial charge is 0.335 e. The molecule has 0 unspecified atom stereocenters. The summed E-state index contributed by atoms with van der Waals surface area (Å²) in [7, 11) is 2.04. The number of urea groups is 1. The Bertz CT molecular complexity index is 1230. The van der Waals surface area contributed by atoms with Crippen molar-refractivity contribution in [3.8, 4) is 5.75 Å². The van der Waals surface area contributed by atoms with Crippen molar-refractivity contribution in [2.45, 2.75) is 33.2 Å². The molecule has 33 heavy (non-hydrogen) atoms. The molecular weight excluding hydrogens is 418 g/mol. The number of amides is 4. The fourth-order valence-corrected chi connectivity index (χ4v) is 4.20. The molecule has 1 fully saturated rings. The number of likely N-dealkylation sites (N-methyl/N-ethyl adjacent to an activating group) is 1. The van der Waals surface area contributed by atoms with Crippen LogP contribution in [0.2, 0.25) is 0 Å². The second kappa shape index (κ2) is 8.24. The SMILES string of the molecule is CCOc1cccc(N2C(=O)NC(=O)/C(=C\c3ccc4c(c3)C(C)=CC(C)(C)N4C)C2=O)c1. The van der Waals surface area contributed by atoms with Crippen LogP contribution < -0.4 is 19.9 Å². The van der Waals surface area contributed by atoms with Gasteiger partial charge in [-0.1, -0.05) is 18.2 Å². The molecular formula is C26H27N3O4. The fraction of sp³-hybridized carbons (Fsp3) is 0.269. The molecule has 0 bridgehead atoms. The number of allylic oxidation sites excluding steroid dienone is 1. The molecule has 2 aromatic carbocycles. The first-order valence-corrected chi connectivity index (χ1v) is 10.8. The maximum Gasteiger partial charge on any atom is 0.335 e. The van der Waals surface area contributed by atoms with Crippen molar-refractivity contribution in [1.29, 1.82) is 0 Å². The molecule has 0 atom stereocenters. The molecule has 1 saturated heterocycles. The molecule has 4 amide bonds. The van der Waals surface area contributed by atoms with Crippen LogP contribution in [0.4, 0.5) is 16.2 Å². The van der Waals surface area contributed by atoms with Crippen molar-refractivity contribution in [1.82, 2.24) is 5.32 Å². The van der Waals surface area contributed by atoms with Crippen LogP contribution in [0.25, 0.3) is 11.6 Å². The van der Waals surface area contributed by atoms with E-state index in [9.17, 15) is 14.4 Å². The Morgan fingerprint density at radius 1 is 1.09 bits per heavy atom. The number of ether oxygens (including phenoxy) is 1. The number of rotatable bonds is 4. The van der Waals surface area contributed by atoms with E-state index in [0.717, 1.165) is 21.7 Å². The maximum absolute atomic E-state index is 13.2. The molecule has 2 heterocycles. The molecule has 2 aromatic rings. The maximum atomic E-state index is 13.2. The minimum atomic E-state index is -0.788. The van der Waals surface area contributed by atoms with Crippen molar-refractivity contribution in [2.75, 3.05) is 23.5 Å². The third-order valence-corrected chi connectivity index (χ3v) is 6.04. The van der Waals surface area contributed by atoms with Gasteiger partial charge in [0.25, 0.3) is 11.8 Å². The molecule has 7 nitrogen and oxygen atoms in total. The van der Waals surface area contributed by atoms with Gasteiger partial charge in [0, 0.05) is 24.4 Å². The zero-order chi connectivity index (χ0) is 23.9.